The maximum atomic E-state index is 12.4. The van der Waals surface area contributed by atoms with E-state index >= 15 is 0 Å². The summed E-state index contributed by atoms with van der Waals surface area (Å²) in [4.78, 5) is 33.0. The summed E-state index contributed by atoms with van der Waals surface area (Å²) in [7, 11) is 1.62. The molecule has 136 valence electrons. The first-order valence-electron chi connectivity index (χ1n) is 9.06. The van der Waals surface area contributed by atoms with Crippen molar-refractivity contribution >= 4 is 11.8 Å². The van der Waals surface area contributed by atoms with E-state index in [-0.39, 0.29) is 17.2 Å². The molecule has 0 aromatic carbocycles. The van der Waals surface area contributed by atoms with Gasteiger partial charge in [-0.05, 0) is 31.4 Å². The van der Waals surface area contributed by atoms with Gasteiger partial charge in [0.1, 0.15) is 0 Å². The number of nitrogens with zero attached hydrogens (tertiary/aromatic N) is 3. The van der Waals surface area contributed by atoms with Gasteiger partial charge < -0.3 is 14.5 Å². The van der Waals surface area contributed by atoms with E-state index in [0.29, 0.717) is 26.0 Å². The van der Waals surface area contributed by atoms with Gasteiger partial charge >= 0.3 is 0 Å². The molecular formula is C19H27N3O3. The van der Waals surface area contributed by atoms with Crippen molar-refractivity contribution in [1.82, 2.24) is 14.8 Å². The summed E-state index contributed by atoms with van der Waals surface area (Å²) >= 11 is 0. The fraction of sp³-hybridized carbons (Fsp3) is 0.632. The van der Waals surface area contributed by atoms with Crippen molar-refractivity contribution in [1.29, 1.82) is 0 Å². The summed E-state index contributed by atoms with van der Waals surface area (Å²) in [6.07, 6.45) is 5.71. The molecule has 2 fully saturated rings. The predicted octanol–water partition coefficient (Wildman–Crippen LogP) is 1.85. The van der Waals surface area contributed by atoms with Crippen molar-refractivity contribution in [2.45, 2.75) is 38.6 Å². The molecule has 1 spiro atoms. The molecule has 3 rings (SSSR count). The fourth-order valence-electron chi connectivity index (χ4n) is 4.03. The largest absolute Gasteiger partial charge is 0.384 e. The van der Waals surface area contributed by atoms with Crippen molar-refractivity contribution in [3.8, 4) is 0 Å². The van der Waals surface area contributed by atoms with Crippen molar-refractivity contribution in [3.05, 3.63) is 30.1 Å². The summed E-state index contributed by atoms with van der Waals surface area (Å²) in [5.41, 5.74) is 0.945. The number of piperidine rings is 2. The third-order valence-electron chi connectivity index (χ3n) is 5.36. The molecule has 0 bridgehead atoms. The molecule has 0 saturated carbocycles. The Labute approximate surface area is 149 Å². The molecule has 3 heterocycles. The zero-order chi connectivity index (χ0) is 17.7. The van der Waals surface area contributed by atoms with Crippen LogP contribution < -0.4 is 0 Å². The van der Waals surface area contributed by atoms with Crippen LogP contribution in [0, 0.1) is 5.41 Å². The van der Waals surface area contributed by atoms with E-state index < -0.39 is 0 Å². The van der Waals surface area contributed by atoms with E-state index in [0.717, 1.165) is 44.6 Å². The van der Waals surface area contributed by atoms with Gasteiger partial charge in [0, 0.05) is 44.8 Å². The minimum Gasteiger partial charge on any atom is -0.384 e. The third kappa shape index (κ3) is 4.37. The Balaban J connectivity index is 1.66. The van der Waals surface area contributed by atoms with Gasteiger partial charge in [-0.25, -0.2) is 0 Å². The molecule has 2 aliphatic rings. The van der Waals surface area contributed by atoms with Crippen LogP contribution in [0.4, 0.5) is 0 Å². The Morgan fingerprint density at radius 1 is 1.32 bits per heavy atom. The van der Waals surface area contributed by atoms with Gasteiger partial charge in [0.2, 0.25) is 11.8 Å². The SMILES string of the molecule is COCCC(=O)N1CCCC2(CCC(=O)N(Cc3ccccn3)C2)C1. The number of pyridine rings is 1. The summed E-state index contributed by atoms with van der Waals surface area (Å²) in [6, 6.07) is 5.78. The van der Waals surface area contributed by atoms with Crippen LogP contribution in [-0.2, 0) is 20.9 Å². The topological polar surface area (TPSA) is 62.7 Å². The number of carbonyl (C=O) groups excluding carboxylic acids is 2. The number of aromatic nitrogens is 1. The van der Waals surface area contributed by atoms with Crippen LogP contribution >= 0.6 is 0 Å². The molecule has 6 nitrogen and oxygen atoms in total. The molecule has 0 radical (unpaired) electrons. The zero-order valence-electron chi connectivity index (χ0n) is 14.9. The van der Waals surface area contributed by atoms with Crippen LogP contribution in [-0.4, -0.2) is 59.9 Å². The molecular weight excluding hydrogens is 318 g/mol. The molecule has 6 heteroatoms. The zero-order valence-corrected chi connectivity index (χ0v) is 14.9. The third-order valence-corrected chi connectivity index (χ3v) is 5.36. The minimum absolute atomic E-state index is 0.0314. The predicted molar refractivity (Wildman–Crippen MR) is 93.6 cm³/mol. The Morgan fingerprint density at radius 3 is 2.96 bits per heavy atom. The van der Waals surface area contributed by atoms with Gasteiger partial charge in [-0.1, -0.05) is 6.07 Å². The Bertz CT molecular complexity index is 607. The number of likely N-dealkylation sites (tertiary alicyclic amines) is 2. The normalized spacial score (nSPS) is 24.0. The van der Waals surface area contributed by atoms with Gasteiger partial charge in [0.25, 0.3) is 0 Å². The van der Waals surface area contributed by atoms with Gasteiger partial charge in [0.15, 0.2) is 0 Å². The molecule has 2 aliphatic heterocycles. The molecule has 1 aromatic rings. The van der Waals surface area contributed by atoms with Gasteiger partial charge in [-0.3, -0.25) is 14.6 Å². The number of carbonyl (C=O) groups is 2. The van der Waals surface area contributed by atoms with E-state index in [4.69, 9.17) is 4.74 Å². The van der Waals surface area contributed by atoms with Crippen molar-refractivity contribution in [3.63, 3.8) is 0 Å². The second kappa shape index (κ2) is 7.95. The highest BCUT2D eigenvalue weighted by Gasteiger charge is 2.42. The highest BCUT2D eigenvalue weighted by atomic mass is 16.5. The standard InChI is InChI=1S/C19H27N3O3/c1-25-12-7-18(24)21-11-4-8-19(14-21)9-6-17(23)22(15-19)13-16-5-2-3-10-20-16/h2-3,5,10H,4,6-9,11-15H2,1H3. The van der Waals surface area contributed by atoms with Crippen molar-refractivity contribution in [2.75, 3.05) is 33.4 Å². The van der Waals surface area contributed by atoms with Crippen molar-refractivity contribution < 1.29 is 14.3 Å². The van der Waals surface area contributed by atoms with E-state index in [9.17, 15) is 9.59 Å². The Morgan fingerprint density at radius 2 is 2.20 bits per heavy atom. The Kier molecular flexibility index (Phi) is 5.68. The second-order valence-electron chi connectivity index (χ2n) is 7.23. The summed E-state index contributed by atoms with van der Waals surface area (Å²) in [5, 5.41) is 0. The molecule has 2 saturated heterocycles. The monoisotopic (exact) mass is 345 g/mol. The number of hydrogen-bond donors (Lipinski definition) is 0. The number of hydrogen-bond acceptors (Lipinski definition) is 4. The van der Waals surface area contributed by atoms with Crippen LogP contribution in [0.15, 0.2) is 24.4 Å². The quantitative estimate of drug-likeness (QED) is 0.817. The number of amides is 2. The fourth-order valence-corrected chi connectivity index (χ4v) is 4.03. The highest BCUT2D eigenvalue weighted by molar-refractivity contribution is 5.78. The molecule has 1 atom stereocenters. The lowest BCUT2D eigenvalue weighted by molar-refractivity contribution is -0.144. The van der Waals surface area contributed by atoms with E-state index in [2.05, 4.69) is 4.98 Å². The summed E-state index contributed by atoms with van der Waals surface area (Å²) in [5.74, 6) is 0.355. The van der Waals surface area contributed by atoms with Crippen molar-refractivity contribution in [2.24, 2.45) is 5.41 Å². The first-order valence-corrected chi connectivity index (χ1v) is 9.06. The minimum atomic E-state index is 0.0314. The van der Waals surface area contributed by atoms with Crippen LogP contribution in [0.1, 0.15) is 37.8 Å². The number of ether oxygens (including phenoxy) is 1. The first-order chi connectivity index (χ1) is 12.1. The highest BCUT2D eigenvalue weighted by Crippen LogP contribution is 2.39. The lowest BCUT2D eigenvalue weighted by Gasteiger charge is -2.48. The Hall–Kier alpha value is -1.95. The molecule has 0 aliphatic carbocycles. The molecule has 25 heavy (non-hydrogen) atoms. The van der Waals surface area contributed by atoms with Crippen LogP contribution in [0.3, 0.4) is 0 Å². The second-order valence-corrected chi connectivity index (χ2v) is 7.23. The average Bonchev–Trinajstić information content (AvgIpc) is 2.64. The van der Waals surface area contributed by atoms with Gasteiger partial charge in [-0.15, -0.1) is 0 Å². The lowest BCUT2D eigenvalue weighted by atomic mass is 9.73. The maximum Gasteiger partial charge on any atom is 0.224 e. The van der Waals surface area contributed by atoms with Crippen LogP contribution in [0.2, 0.25) is 0 Å². The maximum absolute atomic E-state index is 12.4. The molecule has 2 amide bonds. The van der Waals surface area contributed by atoms with E-state index in [1.54, 1.807) is 13.3 Å². The summed E-state index contributed by atoms with van der Waals surface area (Å²) < 4.78 is 5.03. The molecule has 0 N–H and O–H groups in total. The van der Waals surface area contributed by atoms with E-state index in [1.165, 1.54) is 0 Å². The number of rotatable bonds is 5. The van der Waals surface area contributed by atoms with E-state index in [1.807, 2.05) is 28.0 Å². The average molecular weight is 345 g/mol. The van der Waals surface area contributed by atoms with Gasteiger partial charge in [0.05, 0.1) is 25.3 Å². The molecule has 1 unspecified atom stereocenters. The van der Waals surface area contributed by atoms with Crippen LogP contribution in [0.25, 0.3) is 0 Å². The molecule has 1 aromatic heterocycles. The van der Waals surface area contributed by atoms with Crippen LogP contribution in [0.5, 0.6) is 0 Å². The number of methoxy groups -OCH3 is 1. The lowest BCUT2D eigenvalue weighted by Crippen LogP contribution is -2.54. The smallest absolute Gasteiger partial charge is 0.224 e. The van der Waals surface area contributed by atoms with Gasteiger partial charge in [-0.2, -0.15) is 0 Å². The first kappa shape index (κ1) is 17.9. The summed E-state index contributed by atoms with van der Waals surface area (Å²) in [6.45, 7) is 3.31.